The van der Waals surface area contributed by atoms with Crippen LogP contribution in [-0.4, -0.2) is 43.4 Å². The van der Waals surface area contributed by atoms with E-state index in [-0.39, 0.29) is 25.0 Å². The lowest BCUT2D eigenvalue weighted by Crippen LogP contribution is -2.46. The molecular formula is C9H20N2O3. The monoisotopic (exact) mass is 204 g/mol. The lowest BCUT2D eigenvalue weighted by atomic mass is 10.1. The Kier molecular flexibility index (Phi) is 6.44. The normalized spacial score (nSPS) is 15.3. The Labute approximate surface area is 84.6 Å². The van der Waals surface area contributed by atoms with E-state index in [4.69, 9.17) is 10.5 Å². The number of aliphatic hydroxyl groups is 1. The number of hydrogen-bond donors (Lipinski definition) is 3. The van der Waals surface area contributed by atoms with Gasteiger partial charge in [0.1, 0.15) is 0 Å². The summed E-state index contributed by atoms with van der Waals surface area (Å²) in [5, 5.41) is 11.8. The molecule has 0 bridgehead atoms. The maximum atomic E-state index is 11.3. The van der Waals surface area contributed by atoms with Crippen molar-refractivity contribution in [2.24, 2.45) is 11.7 Å². The number of hydrogen-bond acceptors (Lipinski definition) is 4. The molecule has 14 heavy (non-hydrogen) atoms. The third-order valence-corrected chi connectivity index (χ3v) is 1.89. The van der Waals surface area contributed by atoms with Crippen LogP contribution >= 0.6 is 0 Å². The summed E-state index contributed by atoms with van der Waals surface area (Å²) >= 11 is 0. The molecule has 0 saturated carbocycles. The number of ether oxygens (including phenoxy) is 1. The summed E-state index contributed by atoms with van der Waals surface area (Å²) < 4.78 is 4.71. The average Bonchev–Trinajstić information content (AvgIpc) is 2.13. The van der Waals surface area contributed by atoms with Gasteiger partial charge < -0.3 is 20.9 Å². The molecule has 0 aromatic heterocycles. The molecule has 84 valence electrons. The maximum absolute atomic E-state index is 11.3. The molecule has 4 N–H and O–H groups in total. The van der Waals surface area contributed by atoms with Crippen molar-refractivity contribution < 1.29 is 14.6 Å². The maximum Gasteiger partial charge on any atom is 0.237 e. The van der Waals surface area contributed by atoms with Crippen LogP contribution in [0.25, 0.3) is 0 Å². The van der Waals surface area contributed by atoms with Crippen LogP contribution in [0.3, 0.4) is 0 Å². The van der Waals surface area contributed by atoms with Gasteiger partial charge in [-0.25, -0.2) is 0 Å². The predicted molar refractivity (Wildman–Crippen MR) is 53.7 cm³/mol. The molecule has 0 radical (unpaired) electrons. The summed E-state index contributed by atoms with van der Waals surface area (Å²) in [6, 6.07) is -0.523. The molecule has 0 aromatic carbocycles. The van der Waals surface area contributed by atoms with Gasteiger partial charge in [0.05, 0.1) is 18.8 Å². The molecule has 1 amide bonds. The smallest absolute Gasteiger partial charge is 0.237 e. The van der Waals surface area contributed by atoms with Gasteiger partial charge in [-0.15, -0.1) is 0 Å². The zero-order valence-corrected chi connectivity index (χ0v) is 8.99. The van der Waals surface area contributed by atoms with Crippen molar-refractivity contribution >= 4 is 5.91 Å². The Morgan fingerprint density at radius 2 is 2.14 bits per heavy atom. The number of aliphatic hydroxyl groups excluding tert-OH is 1. The fraction of sp³-hybridized carbons (Fsp3) is 0.889. The van der Waals surface area contributed by atoms with Crippen molar-refractivity contribution in [2.75, 3.05) is 20.3 Å². The molecule has 0 aliphatic heterocycles. The van der Waals surface area contributed by atoms with E-state index in [2.05, 4.69) is 5.32 Å². The Bertz CT molecular complexity index is 173. The number of methoxy groups -OCH3 is 1. The van der Waals surface area contributed by atoms with E-state index in [1.165, 1.54) is 7.11 Å². The van der Waals surface area contributed by atoms with E-state index in [1.54, 1.807) is 0 Å². The van der Waals surface area contributed by atoms with Crippen molar-refractivity contribution in [3.63, 3.8) is 0 Å². The fourth-order valence-electron chi connectivity index (χ4n) is 0.890. The molecule has 5 heteroatoms. The minimum Gasteiger partial charge on any atom is -0.389 e. The first kappa shape index (κ1) is 13.4. The highest BCUT2D eigenvalue weighted by Crippen LogP contribution is 1.97. The number of amides is 1. The molecule has 0 fully saturated rings. The number of carbonyl (C=O) groups is 1. The van der Waals surface area contributed by atoms with Crippen molar-refractivity contribution in [3.05, 3.63) is 0 Å². The van der Waals surface area contributed by atoms with Crippen molar-refractivity contribution in [1.29, 1.82) is 0 Å². The van der Waals surface area contributed by atoms with Gasteiger partial charge in [-0.1, -0.05) is 13.8 Å². The van der Waals surface area contributed by atoms with Gasteiger partial charge >= 0.3 is 0 Å². The molecule has 2 atom stereocenters. The summed E-state index contributed by atoms with van der Waals surface area (Å²) in [5.41, 5.74) is 5.60. The number of carbonyl (C=O) groups excluding carboxylic acids is 1. The Balaban J connectivity index is 3.73. The van der Waals surface area contributed by atoms with E-state index < -0.39 is 12.1 Å². The van der Waals surface area contributed by atoms with E-state index in [9.17, 15) is 9.90 Å². The van der Waals surface area contributed by atoms with Crippen molar-refractivity contribution in [3.8, 4) is 0 Å². The van der Waals surface area contributed by atoms with E-state index in [0.29, 0.717) is 0 Å². The number of nitrogens with two attached hydrogens (primary N) is 1. The minimum absolute atomic E-state index is 0.0922. The second-order valence-corrected chi connectivity index (χ2v) is 3.62. The Morgan fingerprint density at radius 3 is 2.57 bits per heavy atom. The van der Waals surface area contributed by atoms with Crippen LogP contribution < -0.4 is 11.1 Å². The molecule has 0 aromatic rings. The molecule has 5 nitrogen and oxygen atoms in total. The summed E-state index contributed by atoms with van der Waals surface area (Å²) in [7, 11) is 1.49. The van der Waals surface area contributed by atoms with E-state index >= 15 is 0 Å². The van der Waals surface area contributed by atoms with E-state index in [1.807, 2.05) is 13.8 Å². The molecule has 0 saturated heterocycles. The fourth-order valence-corrected chi connectivity index (χ4v) is 0.890. The molecule has 0 rings (SSSR count). The zero-order valence-electron chi connectivity index (χ0n) is 8.99. The van der Waals surface area contributed by atoms with Gasteiger partial charge in [-0.3, -0.25) is 4.79 Å². The van der Waals surface area contributed by atoms with Gasteiger partial charge in [-0.2, -0.15) is 0 Å². The largest absolute Gasteiger partial charge is 0.389 e. The second kappa shape index (κ2) is 6.75. The summed E-state index contributed by atoms with van der Waals surface area (Å²) in [6.07, 6.45) is -0.677. The lowest BCUT2D eigenvalue weighted by Gasteiger charge is -2.17. The van der Waals surface area contributed by atoms with Crippen molar-refractivity contribution in [1.82, 2.24) is 5.32 Å². The molecular weight excluding hydrogens is 184 g/mol. The topological polar surface area (TPSA) is 84.6 Å². The van der Waals surface area contributed by atoms with Crippen LogP contribution in [0.5, 0.6) is 0 Å². The highest BCUT2D eigenvalue weighted by atomic mass is 16.5. The van der Waals surface area contributed by atoms with Crippen molar-refractivity contribution in [2.45, 2.75) is 26.0 Å². The van der Waals surface area contributed by atoms with Gasteiger partial charge in [0.15, 0.2) is 0 Å². The molecule has 0 heterocycles. The van der Waals surface area contributed by atoms with Gasteiger partial charge in [0.25, 0.3) is 0 Å². The number of rotatable bonds is 6. The van der Waals surface area contributed by atoms with Crippen LogP contribution in [0.4, 0.5) is 0 Å². The minimum atomic E-state index is -0.677. The highest BCUT2D eigenvalue weighted by Gasteiger charge is 2.17. The molecule has 1 unspecified atom stereocenters. The summed E-state index contributed by atoms with van der Waals surface area (Å²) in [4.78, 5) is 11.3. The third-order valence-electron chi connectivity index (χ3n) is 1.89. The van der Waals surface area contributed by atoms with Gasteiger partial charge in [-0.05, 0) is 5.92 Å². The quantitative estimate of drug-likeness (QED) is 0.523. The summed E-state index contributed by atoms with van der Waals surface area (Å²) in [5.74, 6) is -0.148. The van der Waals surface area contributed by atoms with Crippen LogP contribution in [0, 0.1) is 5.92 Å². The Morgan fingerprint density at radius 1 is 1.57 bits per heavy atom. The van der Waals surface area contributed by atoms with Crippen LogP contribution in [0.15, 0.2) is 0 Å². The lowest BCUT2D eigenvalue weighted by molar-refractivity contribution is -0.123. The first-order valence-electron chi connectivity index (χ1n) is 4.69. The SMILES string of the molecule is COCC(O)CNC(=O)[C@@H](N)C(C)C. The van der Waals surface area contributed by atoms with Gasteiger partial charge in [0.2, 0.25) is 5.91 Å². The molecule has 0 aliphatic carbocycles. The first-order valence-corrected chi connectivity index (χ1v) is 4.69. The standard InChI is InChI=1S/C9H20N2O3/c1-6(2)8(10)9(13)11-4-7(12)5-14-3/h6-8,12H,4-5,10H2,1-3H3,(H,11,13)/t7?,8-/m0/s1. The predicted octanol–water partition coefficient (Wildman–Crippen LogP) is -0.907. The zero-order chi connectivity index (χ0) is 11.1. The first-order chi connectivity index (χ1) is 6.49. The van der Waals surface area contributed by atoms with Gasteiger partial charge in [0, 0.05) is 13.7 Å². The third kappa shape index (κ3) is 5.16. The highest BCUT2D eigenvalue weighted by molar-refractivity contribution is 5.81. The molecule has 0 spiro atoms. The van der Waals surface area contributed by atoms with Crippen LogP contribution in [-0.2, 0) is 9.53 Å². The van der Waals surface area contributed by atoms with Crippen LogP contribution in [0.1, 0.15) is 13.8 Å². The molecule has 0 aliphatic rings. The summed E-state index contributed by atoms with van der Waals surface area (Å²) in [6.45, 7) is 4.12. The van der Waals surface area contributed by atoms with Crippen LogP contribution in [0.2, 0.25) is 0 Å². The Hall–Kier alpha value is -0.650. The second-order valence-electron chi connectivity index (χ2n) is 3.62. The average molecular weight is 204 g/mol. The number of nitrogens with one attached hydrogen (secondary N) is 1. The van der Waals surface area contributed by atoms with E-state index in [0.717, 1.165) is 0 Å².